The van der Waals surface area contributed by atoms with Crippen molar-refractivity contribution in [2.75, 3.05) is 7.11 Å². The Bertz CT molecular complexity index is 787. The molecule has 0 bridgehead atoms. The van der Waals surface area contributed by atoms with Gasteiger partial charge in [0.05, 0.1) is 23.4 Å². The standard InChI is InChI=1S/C31H56O4/c1-26(2,34)14-10-15-31(8,35-9)20-11-17-30(7)25(20)21(32)19-23-28(5)16-13-24(33)27(3,4)22(28)12-18-29(23,30)6/h20-25,32-34H,10-19H2,1-9H3/t20?,21-,22?,23?,24+,25?,28+,29-,30-,31-/m1/s1. The molecule has 0 heterocycles. The second-order valence-corrected chi connectivity index (χ2v) is 15.5. The van der Waals surface area contributed by atoms with Crippen LogP contribution in [0, 0.1) is 45.3 Å². The molecule has 0 amide bonds. The Morgan fingerprint density at radius 3 is 2.06 bits per heavy atom. The third kappa shape index (κ3) is 4.07. The van der Waals surface area contributed by atoms with Gasteiger partial charge in [-0.25, -0.2) is 0 Å². The number of hydrogen-bond acceptors (Lipinski definition) is 4. The molecule has 4 nitrogen and oxygen atoms in total. The van der Waals surface area contributed by atoms with E-state index in [1.54, 1.807) is 0 Å². The third-order valence-corrected chi connectivity index (χ3v) is 13.1. The van der Waals surface area contributed by atoms with Crippen LogP contribution >= 0.6 is 0 Å². The molecule has 0 saturated heterocycles. The summed E-state index contributed by atoms with van der Waals surface area (Å²) in [6.07, 6.45) is 9.59. The minimum absolute atomic E-state index is 0.0651. The summed E-state index contributed by atoms with van der Waals surface area (Å²) in [6.45, 7) is 18.2. The molecule has 0 spiro atoms. The number of aliphatic hydroxyl groups excluding tert-OH is 2. The van der Waals surface area contributed by atoms with Crippen LogP contribution in [0.4, 0.5) is 0 Å². The quantitative estimate of drug-likeness (QED) is 0.404. The zero-order valence-corrected chi connectivity index (χ0v) is 24.3. The van der Waals surface area contributed by atoms with Crippen LogP contribution in [0.2, 0.25) is 0 Å². The lowest BCUT2D eigenvalue weighted by Gasteiger charge is -2.70. The summed E-state index contributed by atoms with van der Waals surface area (Å²) in [5.41, 5.74) is -0.555. The van der Waals surface area contributed by atoms with Crippen LogP contribution in [0.1, 0.15) is 120 Å². The molecular weight excluding hydrogens is 436 g/mol. The Labute approximate surface area is 215 Å². The molecule has 4 aliphatic rings. The molecule has 35 heavy (non-hydrogen) atoms. The average molecular weight is 493 g/mol. The van der Waals surface area contributed by atoms with E-state index >= 15 is 0 Å². The molecule has 4 unspecified atom stereocenters. The lowest BCUT2D eigenvalue weighted by Crippen LogP contribution is -2.66. The normalized spacial score (nSPS) is 49.0. The second kappa shape index (κ2) is 8.68. The Balaban J connectivity index is 1.65. The van der Waals surface area contributed by atoms with E-state index in [2.05, 4.69) is 41.5 Å². The fraction of sp³-hybridized carbons (Fsp3) is 1.00. The highest BCUT2D eigenvalue weighted by Gasteiger charge is 2.71. The minimum Gasteiger partial charge on any atom is -0.393 e. The number of methoxy groups -OCH3 is 1. The van der Waals surface area contributed by atoms with Crippen molar-refractivity contribution in [1.82, 2.24) is 0 Å². The smallest absolute Gasteiger partial charge is 0.0682 e. The lowest BCUT2D eigenvalue weighted by atomic mass is 9.35. The average Bonchev–Trinajstić information content (AvgIpc) is 3.12. The highest BCUT2D eigenvalue weighted by molar-refractivity contribution is 5.20. The summed E-state index contributed by atoms with van der Waals surface area (Å²) < 4.78 is 6.27. The molecule has 4 heteroatoms. The van der Waals surface area contributed by atoms with Crippen molar-refractivity contribution in [3.05, 3.63) is 0 Å². The van der Waals surface area contributed by atoms with Gasteiger partial charge in [-0.3, -0.25) is 0 Å². The summed E-state index contributed by atoms with van der Waals surface area (Å²) in [4.78, 5) is 0. The third-order valence-electron chi connectivity index (χ3n) is 13.1. The number of hydrogen-bond donors (Lipinski definition) is 3. The first kappa shape index (κ1) is 27.9. The zero-order chi connectivity index (χ0) is 26.2. The van der Waals surface area contributed by atoms with E-state index in [1.165, 1.54) is 12.8 Å². The fourth-order valence-electron chi connectivity index (χ4n) is 10.7. The van der Waals surface area contributed by atoms with Crippen molar-refractivity contribution in [1.29, 1.82) is 0 Å². The van der Waals surface area contributed by atoms with Crippen LogP contribution in [0.3, 0.4) is 0 Å². The van der Waals surface area contributed by atoms with Crippen molar-refractivity contribution in [3.63, 3.8) is 0 Å². The first-order chi connectivity index (χ1) is 16.0. The molecule has 3 N–H and O–H groups in total. The van der Waals surface area contributed by atoms with E-state index in [1.807, 2.05) is 21.0 Å². The number of fused-ring (bicyclic) bond motifs is 5. The maximum absolute atomic E-state index is 11.9. The highest BCUT2D eigenvalue weighted by atomic mass is 16.5. The predicted molar refractivity (Wildman–Crippen MR) is 142 cm³/mol. The van der Waals surface area contributed by atoms with Gasteiger partial charge in [0.15, 0.2) is 0 Å². The molecule has 4 saturated carbocycles. The van der Waals surface area contributed by atoms with E-state index in [0.717, 1.165) is 51.4 Å². The molecule has 0 radical (unpaired) electrons. The van der Waals surface area contributed by atoms with Crippen LogP contribution in [0.5, 0.6) is 0 Å². The number of rotatable bonds is 6. The van der Waals surface area contributed by atoms with Gasteiger partial charge in [-0.1, -0.05) is 34.6 Å². The van der Waals surface area contributed by atoms with Crippen molar-refractivity contribution in [2.24, 2.45) is 45.3 Å². The maximum atomic E-state index is 11.9. The second-order valence-electron chi connectivity index (χ2n) is 15.5. The van der Waals surface area contributed by atoms with Gasteiger partial charge >= 0.3 is 0 Å². The fourth-order valence-corrected chi connectivity index (χ4v) is 10.7. The van der Waals surface area contributed by atoms with Crippen LogP contribution in [0.25, 0.3) is 0 Å². The summed E-state index contributed by atoms with van der Waals surface area (Å²) >= 11 is 0. The summed E-state index contributed by atoms with van der Waals surface area (Å²) in [5, 5.41) is 33.1. The van der Waals surface area contributed by atoms with Crippen molar-refractivity contribution in [2.45, 2.75) is 143 Å². The van der Waals surface area contributed by atoms with Crippen LogP contribution in [0.15, 0.2) is 0 Å². The van der Waals surface area contributed by atoms with E-state index in [0.29, 0.717) is 17.8 Å². The Hall–Kier alpha value is -0.160. The first-order valence-corrected chi connectivity index (χ1v) is 14.6. The van der Waals surface area contributed by atoms with E-state index < -0.39 is 5.60 Å². The van der Waals surface area contributed by atoms with E-state index in [-0.39, 0.29) is 45.4 Å². The largest absolute Gasteiger partial charge is 0.393 e. The van der Waals surface area contributed by atoms with E-state index in [4.69, 9.17) is 4.74 Å². The first-order valence-electron chi connectivity index (χ1n) is 14.6. The van der Waals surface area contributed by atoms with Gasteiger partial charge in [0.2, 0.25) is 0 Å². The Kier molecular flexibility index (Phi) is 6.91. The van der Waals surface area contributed by atoms with Crippen molar-refractivity contribution in [3.8, 4) is 0 Å². The summed E-state index contributed by atoms with van der Waals surface area (Å²) in [7, 11) is 1.85. The molecule has 4 fully saturated rings. The topological polar surface area (TPSA) is 69.9 Å². The molecular formula is C31H56O4. The monoisotopic (exact) mass is 492 g/mol. The molecule has 0 aromatic carbocycles. The lowest BCUT2D eigenvalue weighted by molar-refractivity contribution is -0.247. The SMILES string of the molecule is CO[C@](C)(CCCC(C)(C)O)C1CC[C@]2(C)C1[C@H](O)CC1[C@@]3(C)CC[C@H](O)C(C)(C)C3CC[C@]12C. The van der Waals surface area contributed by atoms with Gasteiger partial charge in [-0.2, -0.15) is 0 Å². The summed E-state index contributed by atoms with van der Waals surface area (Å²) in [6, 6.07) is 0. The van der Waals surface area contributed by atoms with Crippen LogP contribution < -0.4 is 0 Å². The Morgan fingerprint density at radius 1 is 0.829 bits per heavy atom. The number of aliphatic hydroxyl groups is 3. The number of ether oxygens (including phenoxy) is 1. The van der Waals surface area contributed by atoms with Gasteiger partial charge in [0, 0.05) is 7.11 Å². The van der Waals surface area contributed by atoms with Crippen LogP contribution in [-0.4, -0.2) is 45.8 Å². The van der Waals surface area contributed by atoms with Gasteiger partial charge in [-0.15, -0.1) is 0 Å². The van der Waals surface area contributed by atoms with Crippen molar-refractivity contribution < 1.29 is 20.1 Å². The molecule has 0 aromatic heterocycles. The predicted octanol–water partition coefficient (Wildman–Crippen LogP) is 6.35. The van der Waals surface area contributed by atoms with Gasteiger partial charge in [0.1, 0.15) is 0 Å². The molecule has 10 atom stereocenters. The van der Waals surface area contributed by atoms with E-state index in [9.17, 15) is 15.3 Å². The van der Waals surface area contributed by atoms with Gasteiger partial charge in [-0.05, 0) is 130 Å². The van der Waals surface area contributed by atoms with Crippen molar-refractivity contribution >= 4 is 0 Å². The highest BCUT2D eigenvalue weighted by Crippen LogP contribution is 2.75. The zero-order valence-electron chi connectivity index (χ0n) is 24.3. The van der Waals surface area contributed by atoms with Crippen LogP contribution in [-0.2, 0) is 4.74 Å². The molecule has 204 valence electrons. The minimum atomic E-state index is -0.653. The molecule has 0 aromatic rings. The molecule has 4 aliphatic carbocycles. The molecule has 0 aliphatic heterocycles. The molecule has 4 rings (SSSR count). The summed E-state index contributed by atoms with van der Waals surface area (Å²) in [5.74, 6) is 1.58. The Morgan fingerprint density at radius 2 is 1.46 bits per heavy atom. The van der Waals surface area contributed by atoms with Gasteiger partial charge < -0.3 is 20.1 Å². The van der Waals surface area contributed by atoms with Gasteiger partial charge in [0.25, 0.3) is 0 Å². The maximum Gasteiger partial charge on any atom is 0.0682 e.